The molecule has 1 aromatic heterocycles. The zero-order valence-corrected chi connectivity index (χ0v) is 11.1. The number of hydrogen-bond acceptors (Lipinski definition) is 3. The highest BCUT2D eigenvalue weighted by molar-refractivity contribution is 7.19. The van der Waals surface area contributed by atoms with Crippen LogP contribution in [0.5, 0.6) is 0 Å². The van der Waals surface area contributed by atoms with Crippen LogP contribution in [-0.2, 0) is 5.60 Å². The fourth-order valence-electron chi connectivity index (χ4n) is 2.70. The predicted octanol–water partition coefficient (Wildman–Crippen LogP) is 3.80. The highest BCUT2D eigenvalue weighted by atomic mass is 32.1. The van der Waals surface area contributed by atoms with Gasteiger partial charge in [0.15, 0.2) is 0 Å². The maximum absolute atomic E-state index is 10.8. The van der Waals surface area contributed by atoms with Gasteiger partial charge in [-0.25, -0.2) is 0 Å². The average Bonchev–Trinajstić information content (AvgIpc) is 2.72. The first-order valence-electron chi connectivity index (χ1n) is 6.22. The van der Waals surface area contributed by atoms with Gasteiger partial charge < -0.3 is 5.11 Å². The lowest BCUT2D eigenvalue weighted by Crippen LogP contribution is -2.46. The Hall–Kier alpha value is -1.37. The third-order valence-corrected chi connectivity index (χ3v) is 5.59. The molecule has 1 saturated carbocycles. The van der Waals surface area contributed by atoms with E-state index in [1.807, 2.05) is 24.3 Å². The molecule has 1 atom stereocenters. The smallest absolute Gasteiger partial charge is 0.114 e. The fourth-order valence-corrected chi connectivity index (χ4v) is 3.90. The molecule has 1 N–H and O–H groups in total. The van der Waals surface area contributed by atoms with Crippen molar-refractivity contribution in [1.29, 1.82) is 5.26 Å². The molecule has 3 rings (SSSR count). The zero-order valence-electron chi connectivity index (χ0n) is 10.3. The second-order valence-corrected chi connectivity index (χ2v) is 6.35. The third-order valence-electron chi connectivity index (χ3n) is 4.26. The van der Waals surface area contributed by atoms with Crippen LogP contribution in [0.3, 0.4) is 0 Å². The van der Waals surface area contributed by atoms with Crippen LogP contribution in [0.15, 0.2) is 30.3 Å². The van der Waals surface area contributed by atoms with Crippen molar-refractivity contribution < 1.29 is 5.11 Å². The normalized spacial score (nSPS) is 20.9. The number of hydrogen-bond donors (Lipinski definition) is 1. The standard InChI is InChI=1S/C15H15NOS/c1-14(17,15(10-16)7-4-8-15)13-9-11-5-2-3-6-12(11)18-13/h2-3,5-6,9,17H,4,7-8H2,1H3. The summed E-state index contributed by atoms with van der Waals surface area (Å²) < 4.78 is 1.17. The van der Waals surface area contributed by atoms with E-state index in [0.29, 0.717) is 0 Å². The van der Waals surface area contributed by atoms with Crippen molar-refractivity contribution in [3.8, 4) is 6.07 Å². The van der Waals surface area contributed by atoms with Crippen molar-refractivity contribution in [1.82, 2.24) is 0 Å². The molecule has 2 nitrogen and oxygen atoms in total. The molecule has 3 heteroatoms. The highest BCUT2D eigenvalue weighted by Gasteiger charge is 2.53. The van der Waals surface area contributed by atoms with E-state index in [1.54, 1.807) is 18.3 Å². The minimum atomic E-state index is -1.04. The Balaban J connectivity index is 2.10. The van der Waals surface area contributed by atoms with E-state index in [9.17, 15) is 10.4 Å². The van der Waals surface area contributed by atoms with Crippen molar-refractivity contribution in [3.63, 3.8) is 0 Å². The number of rotatable bonds is 2. The van der Waals surface area contributed by atoms with Gasteiger partial charge >= 0.3 is 0 Å². The Morgan fingerprint density at radius 3 is 2.67 bits per heavy atom. The van der Waals surface area contributed by atoms with E-state index in [1.165, 1.54) is 4.70 Å². The number of fused-ring (bicyclic) bond motifs is 1. The van der Waals surface area contributed by atoms with Gasteiger partial charge in [0.25, 0.3) is 0 Å². The Labute approximate surface area is 110 Å². The molecular formula is C15H15NOS. The summed E-state index contributed by atoms with van der Waals surface area (Å²) in [6.07, 6.45) is 2.63. The van der Waals surface area contributed by atoms with E-state index < -0.39 is 11.0 Å². The topological polar surface area (TPSA) is 44.0 Å². The van der Waals surface area contributed by atoms with E-state index in [0.717, 1.165) is 29.5 Å². The van der Waals surface area contributed by atoms with E-state index >= 15 is 0 Å². The lowest BCUT2D eigenvalue weighted by molar-refractivity contribution is -0.0830. The predicted molar refractivity (Wildman–Crippen MR) is 73.3 cm³/mol. The molecule has 0 radical (unpaired) electrons. The summed E-state index contributed by atoms with van der Waals surface area (Å²) in [5.74, 6) is 0. The summed E-state index contributed by atoms with van der Waals surface area (Å²) in [6.45, 7) is 1.79. The van der Waals surface area contributed by atoms with Crippen LogP contribution in [0.4, 0.5) is 0 Å². The van der Waals surface area contributed by atoms with Gasteiger partial charge in [-0.05, 0) is 37.3 Å². The van der Waals surface area contributed by atoms with E-state index in [2.05, 4.69) is 12.1 Å². The highest BCUT2D eigenvalue weighted by Crippen LogP contribution is 2.54. The van der Waals surface area contributed by atoms with Gasteiger partial charge in [0.2, 0.25) is 0 Å². The largest absolute Gasteiger partial charge is 0.383 e. The molecule has 0 amide bonds. The minimum Gasteiger partial charge on any atom is -0.383 e. The third kappa shape index (κ3) is 1.43. The van der Waals surface area contributed by atoms with Crippen LogP contribution >= 0.6 is 11.3 Å². The number of nitriles is 1. The second kappa shape index (κ2) is 3.81. The maximum atomic E-state index is 10.8. The SMILES string of the molecule is CC(O)(c1cc2ccccc2s1)C1(C#N)CCC1. The van der Waals surface area contributed by atoms with Crippen LogP contribution in [0.1, 0.15) is 31.1 Å². The lowest BCUT2D eigenvalue weighted by atomic mass is 9.59. The van der Waals surface area contributed by atoms with Crippen molar-refractivity contribution in [2.45, 2.75) is 31.8 Å². The molecule has 0 spiro atoms. The molecule has 1 aromatic carbocycles. The van der Waals surface area contributed by atoms with Crippen LogP contribution in [0.25, 0.3) is 10.1 Å². The Morgan fingerprint density at radius 2 is 2.11 bits per heavy atom. The summed E-state index contributed by atoms with van der Waals surface area (Å²) in [4.78, 5) is 0.907. The van der Waals surface area contributed by atoms with Crippen molar-refractivity contribution in [2.75, 3.05) is 0 Å². The second-order valence-electron chi connectivity index (χ2n) is 5.27. The molecule has 1 fully saturated rings. The van der Waals surface area contributed by atoms with Gasteiger partial charge in [-0.2, -0.15) is 5.26 Å². The van der Waals surface area contributed by atoms with Crippen LogP contribution in [-0.4, -0.2) is 5.11 Å². The first kappa shape index (κ1) is 11.7. The molecule has 0 saturated heterocycles. The molecule has 0 bridgehead atoms. The van der Waals surface area contributed by atoms with Gasteiger partial charge in [-0.15, -0.1) is 11.3 Å². The lowest BCUT2D eigenvalue weighted by Gasteiger charge is -2.46. The molecule has 1 unspecified atom stereocenters. The Kier molecular flexibility index (Phi) is 2.48. The van der Waals surface area contributed by atoms with Crippen molar-refractivity contribution in [2.24, 2.45) is 5.41 Å². The number of aliphatic hydroxyl groups is 1. The monoisotopic (exact) mass is 257 g/mol. The minimum absolute atomic E-state index is 0.589. The molecule has 0 aliphatic heterocycles. The molecule has 1 aliphatic carbocycles. The average molecular weight is 257 g/mol. The van der Waals surface area contributed by atoms with Gasteiger partial charge in [0.1, 0.15) is 5.60 Å². The van der Waals surface area contributed by atoms with E-state index in [-0.39, 0.29) is 0 Å². The van der Waals surface area contributed by atoms with Crippen molar-refractivity contribution >= 4 is 21.4 Å². The molecule has 18 heavy (non-hydrogen) atoms. The molecule has 92 valence electrons. The number of thiophene rings is 1. The van der Waals surface area contributed by atoms with Gasteiger partial charge in [-0.1, -0.05) is 24.6 Å². The quantitative estimate of drug-likeness (QED) is 0.889. The summed E-state index contributed by atoms with van der Waals surface area (Å²) in [5, 5.41) is 21.4. The summed E-state index contributed by atoms with van der Waals surface area (Å²) >= 11 is 1.59. The molecule has 2 aromatic rings. The molecule has 1 heterocycles. The number of nitrogens with zero attached hydrogens (tertiary/aromatic N) is 1. The van der Waals surface area contributed by atoms with Crippen LogP contribution in [0, 0.1) is 16.7 Å². The first-order chi connectivity index (χ1) is 8.59. The van der Waals surface area contributed by atoms with Gasteiger partial charge in [0.05, 0.1) is 11.5 Å². The number of benzene rings is 1. The van der Waals surface area contributed by atoms with Crippen LogP contribution in [0.2, 0.25) is 0 Å². The fraction of sp³-hybridized carbons (Fsp3) is 0.400. The van der Waals surface area contributed by atoms with Gasteiger partial charge in [0, 0.05) is 9.58 Å². The summed E-state index contributed by atoms with van der Waals surface area (Å²) in [5.41, 5.74) is -1.63. The first-order valence-corrected chi connectivity index (χ1v) is 7.03. The molecular weight excluding hydrogens is 242 g/mol. The maximum Gasteiger partial charge on any atom is 0.114 e. The summed E-state index contributed by atoms with van der Waals surface area (Å²) in [7, 11) is 0. The Morgan fingerprint density at radius 1 is 1.39 bits per heavy atom. The van der Waals surface area contributed by atoms with Crippen molar-refractivity contribution in [3.05, 3.63) is 35.2 Å². The van der Waals surface area contributed by atoms with Crippen LogP contribution < -0.4 is 0 Å². The van der Waals surface area contributed by atoms with Gasteiger partial charge in [-0.3, -0.25) is 0 Å². The van der Waals surface area contributed by atoms with E-state index in [4.69, 9.17) is 0 Å². The Bertz CT molecular complexity index is 598. The zero-order chi connectivity index (χ0) is 12.8. The summed E-state index contributed by atoms with van der Waals surface area (Å²) in [6, 6.07) is 12.5. The molecule has 1 aliphatic rings.